The third-order valence-corrected chi connectivity index (χ3v) is 9.84. The van der Waals surface area contributed by atoms with Gasteiger partial charge < -0.3 is 10.2 Å². The normalized spacial score (nSPS) is 21.2. The Hall–Kier alpha value is -3.87. The Kier molecular flexibility index (Phi) is 7.22. The van der Waals surface area contributed by atoms with Gasteiger partial charge >= 0.3 is 0 Å². The first-order valence-electron chi connectivity index (χ1n) is 14.1. The van der Waals surface area contributed by atoms with E-state index in [0.29, 0.717) is 6.54 Å². The zero-order valence-corrected chi connectivity index (χ0v) is 24.4. The molecule has 2 unspecified atom stereocenters. The Morgan fingerprint density at radius 3 is 1.78 bits per heavy atom. The largest absolute Gasteiger partial charge is 0.350 e. The molecule has 2 amide bonds. The van der Waals surface area contributed by atoms with Crippen molar-refractivity contribution in [2.45, 2.75) is 55.1 Å². The van der Waals surface area contributed by atoms with Crippen LogP contribution in [0, 0.1) is 6.92 Å². The summed E-state index contributed by atoms with van der Waals surface area (Å²) in [4.78, 5) is 29.3. The Morgan fingerprint density at radius 1 is 0.805 bits per heavy atom. The minimum absolute atomic E-state index is 0.0456. The van der Waals surface area contributed by atoms with Crippen LogP contribution < -0.4 is 10.6 Å². The van der Waals surface area contributed by atoms with E-state index >= 15 is 0 Å². The lowest BCUT2D eigenvalue weighted by atomic mass is 9.76. The highest BCUT2D eigenvalue weighted by molar-refractivity contribution is 8.01. The van der Waals surface area contributed by atoms with Crippen molar-refractivity contribution in [1.29, 1.82) is 0 Å². The highest BCUT2D eigenvalue weighted by Crippen LogP contribution is 2.52. The molecular weight excluding hydrogens is 526 g/mol. The number of benzene rings is 4. The average Bonchev–Trinajstić information content (AvgIpc) is 3.26. The fourth-order valence-electron chi connectivity index (χ4n) is 6.21. The molecule has 2 heterocycles. The number of nitrogens with one attached hydrogen (secondary N) is 2. The Bertz CT molecular complexity index is 1430. The summed E-state index contributed by atoms with van der Waals surface area (Å²) in [5, 5.41) is 6.79. The van der Waals surface area contributed by atoms with Crippen LogP contribution in [0.3, 0.4) is 0 Å². The molecule has 41 heavy (non-hydrogen) atoms. The Labute approximate surface area is 246 Å². The molecule has 4 aromatic carbocycles. The third kappa shape index (κ3) is 4.85. The molecule has 2 fully saturated rings. The predicted octanol–water partition coefficient (Wildman–Crippen LogP) is 5.62. The molecule has 0 aliphatic carbocycles. The molecular formula is C35H35N3O2S. The molecule has 0 aromatic heterocycles. The van der Waals surface area contributed by atoms with Crippen molar-refractivity contribution in [3.8, 4) is 0 Å². The lowest BCUT2D eigenvalue weighted by Crippen LogP contribution is -2.73. The van der Waals surface area contributed by atoms with Gasteiger partial charge in [0.2, 0.25) is 11.8 Å². The van der Waals surface area contributed by atoms with Crippen molar-refractivity contribution >= 4 is 23.6 Å². The summed E-state index contributed by atoms with van der Waals surface area (Å²) in [5.41, 5.74) is 4.62. The quantitative estimate of drug-likeness (QED) is 0.216. The summed E-state index contributed by atoms with van der Waals surface area (Å²) in [6.45, 7) is 6.61. The molecule has 5 nitrogen and oxygen atoms in total. The highest BCUT2D eigenvalue weighted by atomic mass is 32.2. The van der Waals surface area contributed by atoms with Gasteiger partial charge in [-0.05, 0) is 43.0 Å². The topological polar surface area (TPSA) is 61.4 Å². The van der Waals surface area contributed by atoms with E-state index in [9.17, 15) is 9.59 Å². The first-order chi connectivity index (χ1) is 19.8. The number of amides is 2. The first-order valence-corrected chi connectivity index (χ1v) is 15.0. The molecule has 2 aliphatic rings. The number of thioether (sulfide) groups is 1. The molecule has 4 aromatic rings. The minimum atomic E-state index is -0.757. The van der Waals surface area contributed by atoms with Gasteiger partial charge in [0.05, 0.1) is 5.54 Å². The summed E-state index contributed by atoms with van der Waals surface area (Å²) in [5.74, 6) is -0.159. The van der Waals surface area contributed by atoms with E-state index < -0.39 is 22.4 Å². The molecule has 0 radical (unpaired) electrons. The SMILES string of the molecule is Cc1ccc(CNC(=O)C2N3C(=O)C(NC(c4ccccc4)(c4ccccc4)c4ccccc4)[C@@H]3SC2(C)C)cc1. The second kappa shape index (κ2) is 10.8. The van der Waals surface area contributed by atoms with E-state index in [1.165, 1.54) is 5.56 Å². The maximum Gasteiger partial charge on any atom is 0.244 e. The van der Waals surface area contributed by atoms with Crippen molar-refractivity contribution < 1.29 is 9.59 Å². The second-order valence-corrected chi connectivity index (χ2v) is 13.2. The molecule has 0 saturated carbocycles. The number of hydrogen-bond acceptors (Lipinski definition) is 4. The van der Waals surface area contributed by atoms with Gasteiger partial charge in [0.1, 0.15) is 17.5 Å². The average molecular weight is 562 g/mol. The van der Waals surface area contributed by atoms with Crippen LogP contribution in [0.5, 0.6) is 0 Å². The number of hydrogen-bond donors (Lipinski definition) is 2. The third-order valence-electron chi connectivity index (χ3n) is 8.27. The van der Waals surface area contributed by atoms with Gasteiger partial charge in [-0.3, -0.25) is 14.9 Å². The lowest BCUT2D eigenvalue weighted by molar-refractivity contribution is -0.154. The van der Waals surface area contributed by atoms with Crippen LogP contribution in [-0.2, 0) is 21.7 Å². The van der Waals surface area contributed by atoms with Crippen molar-refractivity contribution in [1.82, 2.24) is 15.5 Å². The van der Waals surface area contributed by atoms with Crippen LogP contribution in [0.1, 0.15) is 41.7 Å². The molecule has 2 aliphatic heterocycles. The maximum absolute atomic E-state index is 14.0. The number of fused-ring (bicyclic) bond motifs is 1. The number of nitrogens with zero attached hydrogens (tertiary/aromatic N) is 1. The second-order valence-electron chi connectivity index (χ2n) is 11.4. The van der Waals surface area contributed by atoms with Crippen LogP contribution in [0.25, 0.3) is 0 Å². The summed E-state index contributed by atoms with van der Waals surface area (Å²) in [7, 11) is 0. The summed E-state index contributed by atoms with van der Waals surface area (Å²) < 4.78 is -0.441. The summed E-state index contributed by atoms with van der Waals surface area (Å²) >= 11 is 1.70. The molecule has 3 atom stereocenters. The molecule has 208 valence electrons. The lowest BCUT2D eigenvalue weighted by Gasteiger charge is -2.49. The zero-order chi connectivity index (χ0) is 28.6. The van der Waals surface area contributed by atoms with E-state index in [-0.39, 0.29) is 17.2 Å². The van der Waals surface area contributed by atoms with Crippen LogP contribution in [0.15, 0.2) is 115 Å². The van der Waals surface area contributed by atoms with Crippen LogP contribution >= 0.6 is 11.8 Å². The molecule has 0 spiro atoms. The van der Waals surface area contributed by atoms with Gasteiger partial charge in [-0.25, -0.2) is 0 Å². The predicted molar refractivity (Wildman–Crippen MR) is 165 cm³/mol. The smallest absolute Gasteiger partial charge is 0.244 e. The van der Waals surface area contributed by atoms with E-state index in [4.69, 9.17) is 0 Å². The van der Waals surface area contributed by atoms with Crippen molar-refractivity contribution in [3.05, 3.63) is 143 Å². The Morgan fingerprint density at radius 2 is 1.29 bits per heavy atom. The number of rotatable bonds is 8. The minimum Gasteiger partial charge on any atom is -0.350 e. The summed E-state index contributed by atoms with van der Waals surface area (Å²) in [6, 6.07) is 38.0. The molecule has 2 N–H and O–H groups in total. The van der Waals surface area contributed by atoms with Crippen LogP contribution in [0.2, 0.25) is 0 Å². The highest BCUT2D eigenvalue weighted by Gasteiger charge is 2.64. The fourth-order valence-corrected chi connectivity index (χ4v) is 7.84. The molecule has 0 bridgehead atoms. The van der Waals surface area contributed by atoms with Gasteiger partial charge in [-0.15, -0.1) is 11.8 Å². The van der Waals surface area contributed by atoms with Crippen molar-refractivity contribution in [3.63, 3.8) is 0 Å². The monoisotopic (exact) mass is 561 g/mol. The zero-order valence-electron chi connectivity index (χ0n) is 23.6. The number of carbonyl (C=O) groups is 2. The number of carbonyl (C=O) groups excluding carboxylic acids is 2. The molecule has 6 rings (SSSR count). The van der Waals surface area contributed by atoms with Gasteiger partial charge in [0, 0.05) is 11.3 Å². The molecule has 6 heteroatoms. The maximum atomic E-state index is 14.0. The number of β-lactam (4-membered cyclic amide) rings is 1. The van der Waals surface area contributed by atoms with Gasteiger partial charge in [-0.1, -0.05) is 121 Å². The summed E-state index contributed by atoms with van der Waals surface area (Å²) in [6.07, 6.45) is 0. The number of aryl methyl sites for hydroxylation is 1. The first kappa shape index (κ1) is 27.3. The van der Waals surface area contributed by atoms with Gasteiger partial charge in [-0.2, -0.15) is 0 Å². The molecule has 2 saturated heterocycles. The van der Waals surface area contributed by atoms with E-state index in [0.717, 1.165) is 22.3 Å². The van der Waals surface area contributed by atoms with E-state index in [1.54, 1.807) is 16.7 Å². The van der Waals surface area contributed by atoms with E-state index in [1.807, 2.05) is 85.8 Å². The van der Waals surface area contributed by atoms with Gasteiger partial charge in [0.15, 0.2) is 0 Å². The van der Waals surface area contributed by atoms with Crippen molar-refractivity contribution in [2.75, 3.05) is 0 Å². The van der Waals surface area contributed by atoms with E-state index in [2.05, 4.69) is 60.9 Å². The van der Waals surface area contributed by atoms with Crippen LogP contribution in [-0.4, -0.2) is 38.9 Å². The van der Waals surface area contributed by atoms with Crippen molar-refractivity contribution in [2.24, 2.45) is 0 Å². The van der Waals surface area contributed by atoms with Gasteiger partial charge in [0.25, 0.3) is 0 Å². The van der Waals surface area contributed by atoms with Crippen LogP contribution in [0.4, 0.5) is 0 Å². The Balaban J connectivity index is 1.32. The fraction of sp³-hybridized carbons (Fsp3) is 0.257. The standard InChI is InChI=1S/C35H35N3O2S/c1-24-19-21-25(22-20-24)23-36-31(39)30-34(2,3)41-33-29(32(40)38(30)33)37-35(26-13-7-4-8-14-26,27-15-9-5-10-16-27)28-17-11-6-12-18-28/h4-22,29-30,33,37H,23H2,1-3H3,(H,36,39)/t29?,30?,33-/m0/s1.